The van der Waals surface area contributed by atoms with Crippen molar-refractivity contribution < 1.29 is 131 Å². The number of carbonyl (C=O) groups excluding carboxylic acids is 9. The van der Waals surface area contributed by atoms with E-state index < -0.39 is 47.7 Å². The Kier molecular flexibility index (Phi) is 66.1. The number of aliphatic carboxylic acids is 5. The van der Waals surface area contributed by atoms with Gasteiger partial charge in [-0.25, -0.2) is 4.79 Å². The van der Waals surface area contributed by atoms with Crippen LogP contribution in [0.25, 0.3) is 0 Å². The van der Waals surface area contributed by atoms with Crippen LogP contribution in [0, 0.1) is 17.8 Å². The number of carboxylic acids is 5. The smallest absolute Gasteiger partial charge is 0.326 e. The van der Waals surface area contributed by atoms with E-state index in [-0.39, 0.29) is 248 Å². The summed E-state index contributed by atoms with van der Waals surface area (Å²) in [6.45, 7) is 4.52. The molecule has 0 aromatic rings. The summed E-state index contributed by atoms with van der Waals surface area (Å²) in [4.78, 5) is 167. The monoisotopic (exact) mass is 1530 g/mol. The number of hydrogen-bond donors (Lipinski definition) is 10. The molecule has 5 amide bonds. The van der Waals surface area contributed by atoms with Gasteiger partial charge in [0, 0.05) is 110 Å². The van der Waals surface area contributed by atoms with Crippen molar-refractivity contribution in [2.45, 2.75) is 244 Å². The maximum absolute atomic E-state index is 12.9. The minimum atomic E-state index is -1.20. The summed E-state index contributed by atoms with van der Waals surface area (Å²) in [6, 6.07) is -1.15. The zero-order chi connectivity index (χ0) is 79.2. The lowest BCUT2D eigenvalue weighted by Gasteiger charge is -2.15. The zero-order valence-electron chi connectivity index (χ0n) is 63.6. The number of carbonyl (C=O) groups is 14. The number of rotatable bonds is 81. The molecule has 0 aliphatic rings. The maximum Gasteiger partial charge on any atom is 0.326 e. The molecule has 0 aromatic carbocycles. The molecule has 0 saturated carbocycles. The first-order valence-electron chi connectivity index (χ1n) is 38.7. The molecule has 0 aliphatic carbocycles. The molecule has 32 heteroatoms. The SMILES string of the molecule is C[C@@H](CCCCNC(=O)COCCOCCCC(=O)COCCOCCNC(=O)CC[C@H](CC(=O)CCCCCCCCCCC(=O)O)C(=O)O)C(=O)C[C@@H](CCCCNC(=O)COCCOCCNC(=O)COCCOCCCC(=O)CC[C@H](NC(=O)CCCCCCCCCCC(=O)O)C(=O)O)C(=O)O. The van der Waals surface area contributed by atoms with Crippen LogP contribution in [0.3, 0.4) is 0 Å². The highest BCUT2D eigenvalue weighted by molar-refractivity contribution is 5.87. The van der Waals surface area contributed by atoms with Crippen molar-refractivity contribution >= 4 is 82.5 Å². The van der Waals surface area contributed by atoms with Gasteiger partial charge in [-0.1, -0.05) is 96.8 Å². The summed E-state index contributed by atoms with van der Waals surface area (Å²) in [5, 5.41) is 59.6. The van der Waals surface area contributed by atoms with E-state index in [0.717, 1.165) is 77.0 Å². The molecule has 0 aliphatic heterocycles. The first kappa shape index (κ1) is 100. The number of Topliss-reactive ketones (excluding diaryl/α,β-unsaturated/α-hetero) is 4. The van der Waals surface area contributed by atoms with Gasteiger partial charge in [0.15, 0.2) is 5.78 Å². The van der Waals surface area contributed by atoms with Gasteiger partial charge in [-0.15, -0.1) is 0 Å². The molecular weight excluding hydrogens is 1400 g/mol. The largest absolute Gasteiger partial charge is 0.481 e. The summed E-state index contributed by atoms with van der Waals surface area (Å²) in [7, 11) is 0. The molecule has 0 saturated heterocycles. The normalized spacial score (nSPS) is 12.3. The highest BCUT2D eigenvalue weighted by Crippen LogP contribution is 2.21. The van der Waals surface area contributed by atoms with Gasteiger partial charge in [-0.3, -0.25) is 62.3 Å². The van der Waals surface area contributed by atoms with Crippen LogP contribution in [0.5, 0.6) is 0 Å². The van der Waals surface area contributed by atoms with Gasteiger partial charge in [0.2, 0.25) is 29.5 Å². The van der Waals surface area contributed by atoms with Crippen LogP contribution >= 0.6 is 0 Å². The van der Waals surface area contributed by atoms with Crippen molar-refractivity contribution in [1.82, 2.24) is 26.6 Å². The van der Waals surface area contributed by atoms with E-state index in [1.165, 1.54) is 0 Å². The number of amides is 5. The van der Waals surface area contributed by atoms with Crippen LogP contribution in [-0.4, -0.2) is 246 Å². The highest BCUT2D eigenvalue weighted by atomic mass is 16.5. The number of ketones is 4. The summed E-state index contributed by atoms with van der Waals surface area (Å²) < 4.78 is 43.2. The third-order valence-electron chi connectivity index (χ3n) is 17.1. The second kappa shape index (κ2) is 70.7. The quantitative estimate of drug-likeness (QED) is 0.0284. The number of nitrogens with one attached hydrogen (secondary N) is 5. The third kappa shape index (κ3) is 68.1. The molecule has 0 heterocycles. The first-order valence-corrected chi connectivity index (χ1v) is 38.7. The maximum atomic E-state index is 12.9. The van der Waals surface area contributed by atoms with Crippen molar-refractivity contribution in [2.75, 3.05) is 132 Å². The van der Waals surface area contributed by atoms with Gasteiger partial charge >= 0.3 is 29.8 Å². The Morgan fingerprint density at radius 1 is 0.271 bits per heavy atom. The molecule has 32 nitrogen and oxygen atoms in total. The molecule has 0 spiro atoms. The van der Waals surface area contributed by atoms with Crippen molar-refractivity contribution in [1.29, 1.82) is 0 Å². The Balaban J connectivity index is 3.83. The van der Waals surface area contributed by atoms with Crippen LogP contribution in [0.1, 0.15) is 238 Å². The minimum absolute atomic E-state index is 0.000229. The lowest BCUT2D eigenvalue weighted by atomic mass is 9.89. The highest BCUT2D eigenvalue weighted by Gasteiger charge is 2.26. The van der Waals surface area contributed by atoms with E-state index in [4.69, 9.17) is 48.1 Å². The van der Waals surface area contributed by atoms with E-state index in [9.17, 15) is 82.4 Å². The van der Waals surface area contributed by atoms with Gasteiger partial charge in [0.05, 0.1) is 77.9 Å². The zero-order valence-corrected chi connectivity index (χ0v) is 63.6. The Labute approximate surface area is 631 Å². The van der Waals surface area contributed by atoms with E-state index in [1.54, 1.807) is 6.92 Å². The molecular formula is C75H129N5O27. The Hall–Kier alpha value is -6.94. The van der Waals surface area contributed by atoms with Gasteiger partial charge in [0.1, 0.15) is 49.8 Å². The lowest BCUT2D eigenvalue weighted by molar-refractivity contribution is -0.144. The Bertz CT molecular complexity index is 2490. The fourth-order valence-electron chi connectivity index (χ4n) is 10.8. The van der Waals surface area contributed by atoms with Gasteiger partial charge in [0.25, 0.3) is 0 Å². The summed E-state index contributed by atoms with van der Waals surface area (Å²) in [5.41, 5.74) is 0. The number of hydrogen-bond acceptors (Lipinski definition) is 22. The molecule has 0 rings (SSSR count). The van der Waals surface area contributed by atoms with Gasteiger partial charge in [-0.05, 0) is 77.0 Å². The Morgan fingerprint density at radius 2 is 0.645 bits per heavy atom. The molecule has 0 bridgehead atoms. The van der Waals surface area contributed by atoms with Crippen LogP contribution in [0.15, 0.2) is 0 Å². The van der Waals surface area contributed by atoms with E-state index in [1.807, 2.05) is 0 Å². The van der Waals surface area contributed by atoms with Crippen molar-refractivity contribution in [3.8, 4) is 0 Å². The second-order valence-electron chi connectivity index (χ2n) is 26.7. The molecule has 616 valence electrons. The van der Waals surface area contributed by atoms with Crippen molar-refractivity contribution in [2.24, 2.45) is 17.8 Å². The number of carboxylic acid groups (broad SMARTS) is 5. The molecule has 0 aromatic heterocycles. The van der Waals surface area contributed by atoms with E-state index >= 15 is 0 Å². The molecule has 10 N–H and O–H groups in total. The van der Waals surface area contributed by atoms with Crippen LogP contribution in [0.2, 0.25) is 0 Å². The molecule has 4 atom stereocenters. The minimum Gasteiger partial charge on any atom is -0.481 e. The second-order valence-corrected chi connectivity index (χ2v) is 26.7. The van der Waals surface area contributed by atoms with Crippen LogP contribution < -0.4 is 26.6 Å². The molecule has 0 radical (unpaired) electrons. The summed E-state index contributed by atoms with van der Waals surface area (Å²) in [5.74, 6) is -9.37. The third-order valence-corrected chi connectivity index (χ3v) is 17.1. The van der Waals surface area contributed by atoms with Crippen molar-refractivity contribution in [3.05, 3.63) is 0 Å². The van der Waals surface area contributed by atoms with E-state index in [0.29, 0.717) is 96.7 Å². The van der Waals surface area contributed by atoms with Gasteiger partial charge < -0.3 is 90.0 Å². The van der Waals surface area contributed by atoms with Crippen LogP contribution in [0.4, 0.5) is 0 Å². The first-order chi connectivity index (χ1) is 51.5. The average Bonchev–Trinajstić information content (AvgIpc) is 0.934. The van der Waals surface area contributed by atoms with E-state index in [2.05, 4.69) is 26.6 Å². The molecule has 107 heavy (non-hydrogen) atoms. The van der Waals surface area contributed by atoms with Crippen LogP contribution in [-0.2, 0) is 105 Å². The average molecular weight is 1530 g/mol. The standard InChI is InChI=1S/C75H129N5O27/c1-58(24-18-20-36-76-68(87)55-105-49-45-101-41-23-28-63(83)54-104-48-46-102-42-38-78-66(85)35-32-60(74(96)97)52-62(82)26-14-10-6-2-4-8-12-16-30-71(90)91)65(84)53-59(73(94)95)25-19-21-37-77-69(88)56-107-51-47-103-43-39-79-70(89)57-106-50-44-100-40-22-27-61(81)33-34-64(75(98)99)80-67(86)29-15-11-7-3-5-9-13-17-31-72(92)93/h58-60,64H,2-57H2,1H3,(H,76,87)(H,77,88)(H,78,85)(H,79,89)(H,80,86)(H,90,91)(H,92,93)(H,94,95)(H,96,97)(H,98,99)/t58-,59+,60+,64-/m0/s1. The predicted octanol–water partition coefficient (Wildman–Crippen LogP) is 6.68. The topological polar surface area (TPSA) is 474 Å². The predicted molar refractivity (Wildman–Crippen MR) is 391 cm³/mol. The van der Waals surface area contributed by atoms with Gasteiger partial charge in [-0.2, -0.15) is 0 Å². The number of ether oxygens (including phenoxy) is 8. The number of unbranched alkanes of at least 4 members (excludes halogenated alkanes) is 16. The summed E-state index contributed by atoms with van der Waals surface area (Å²) >= 11 is 0. The molecule has 0 unspecified atom stereocenters. The van der Waals surface area contributed by atoms with Crippen molar-refractivity contribution in [3.63, 3.8) is 0 Å². The molecule has 0 fully saturated rings. The summed E-state index contributed by atoms with van der Waals surface area (Å²) in [6.07, 6.45) is 19.0. The Morgan fingerprint density at radius 3 is 1.10 bits per heavy atom. The lowest BCUT2D eigenvalue weighted by Crippen LogP contribution is -2.41. The fourth-order valence-corrected chi connectivity index (χ4v) is 10.8. The fraction of sp³-hybridized carbons (Fsp3) is 0.813.